The Balaban J connectivity index is 2.10. The summed E-state index contributed by atoms with van der Waals surface area (Å²) in [4.78, 5) is 24.5. The van der Waals surface area contributed by atoms with E-state index in [0.717, 1.165) is 0 Å². The van der Waals surface area contributed by atoms with Crippen molar-refractivity contribution >= 4 is 23.2 Å². The number of hydrogen-bond donors (Lipinski definition) is 3. The zero-order valence-corrected chi connectivity index (χ0v) is 14.5. The van der Waals surface area contributed by atoms with Crippen molar-refractivity contribution < 1.29 is 14.0 Å². The molecule has 132 valence electrons. The summed E-state index contributed by atoms with van der Waals surface area (Å²) in [6, 6.07) is 11.4. The van der Waals surface area contributed by atoms with E-state index in [2.05, 4.69) is 10.6 Å². The molecule has 0 saturated heterocycles. The second kappa shape index (κ2) is 7.44. The van der Waals surface area contributed by atoms with E-state index < -0.39 is 17.8 Å². The molecule has 1 atom stereocenters. The van der Waals surface area contributed by atoms with Gasteiger partial charge in [0.1, 0.15) is 5.82 Å². The summed E-state index contributed by atoms with van der Waals surface area (Å²) in [6.45, 7) is 5.63. The average Bonchev–Trinajstić information content (AvgIpc) is 2.53. The number of benzene rings is 2. The van der Waals surface area contributed by atoms with E-state index in [0.29, 0.717) is 16.9 Å². The minimum absolute atomic E-state index is 0.324. The zero-order chi connectivity index (χ0) is 18.6. The highest BCUT2D eigenvalue weighted by Crippen LogP contribution is 2.20. The zero-order valence-electron chi connectivity index (χ0n) is 14.5. The third kappa shape index (κ3) is 5.12. The summed E-state index contributed by atoms with van der Waals surface area (Å²) < 4.78 is 13.2. The lowest BCUT2D eigenvalue weighted by molar-refractivity contribution is -0.119. The van der Waals surface area contributed by atoms with Crippen LogP contribution in [0.4, 0.5) is 15.8 Å². The van der Waals surface area contributed by atoms with Crippen LogP contribution in [0.15, 0.2) is 48.5 Å². The van der Waals surface area contributed by atoms with Crippen LogP contribution in [0.1, 0.15) is 31.1 Å². The molecular formula is C19H22FN3O2. The van der Waals surface area contributed by atoms with Crippen LogP contribution in [0.3, 0.4) is 0 Å². The van der Waals surface area contributed by atoms with Crippen LogP contribution in [0, 0.1) is 11.2 Å². The number of halogens is 1. The lowest BCUT2D eigenvalue weighted by atomic mass is 9.87. The Morgan fingerprint density at radius 1 is 1.00 bits per heavy atom. The first kappa shape index (κ1) is 18.6. The highest BCUT2D eigenvalue weighted by atomic mass is 19.1. The van der Waals surface area contributed by atoms with Crippen molar-refractivity contribution in [3.8, 4) is 0 Å². The van der Waals surface area contributed by atoms with Gasteiger partial charge in [0.2, 0.25) is 5.91 Å². The molecule has 2 amide bonds. The van der Waals surface area contributed by atoms with Crippen LogP contribution in [0.25, 0.3) is 0 Å². The van der Waals surface area contributed by atoms with E-state index in [4.69, 9.17) is 5.73 Å². The normalized spacial score (nSPS) is 12.4. The molecule has 2 aromatic carbocycles. The first-order chi connectivity index (χ1) is 11.7. The van der Waals surface area contributed by atoms with Gasteiger partial charge in [-0.05, 0) is 41.8 Å². The minimum atomic E-state index is -0.683. The van der Waals surface area contributed by atoms with Crippen molar-refractivity contribution in [2.45, 2.75) is 26.8 Å². The molecular weight excluding hydrogens is 321 g/mol. The highest BCUT2D eigenvalue weighted by molar-refractivity contribution is 6.05. The standard InChI is InChI=1S/C19H22FN3O2/c1-19(2,3)16(21)18(25)23-14-8-4-6-12(10-14)17(24)22-15-9-5-7-13(20)11-15/h4-11,16H,21H2,1-3H3,(H,22,24)(H,23,25)/t16-/m1/s1. The van der Waals surface area contributed by atoms with Crippen molar-refractivity contribution in [3.05, 3.63) is 59.9 Å². The molecule has 25 heavy (non-hydrogen) atoms. The Morgan fingerprint density at radius 3 is 2.20 bits per heavy atom. The molecule has 0 bridgehead atoms. The lowest BCUT2D eigenvalue weighted by Crippen LogP contribution is -2.45. The van der Waals surface area contributed by atoms with E-state index in [-0.39, 0.29) is 11.3 Å². The summed E-state index contributed by atoms with van der Waals surface area (Å²) in [5.74, 6) is -1.16. The molecule has 0 aliphatic rings. The number of carbonyl (C=O) groups excluding carboxylic acids is 2. The molecule has 2 aromatic rings. The first-order valence-corrected chi connectivity index (χ1v) is 7.90. The topological polar surface area (TPSA) is 84.2 Å². The quantitative estimate of drug-likeness (QED) is 0.795. The third-order valence-corrected chi connectivity index (χ3v) is 3.69. The van der Waals surface area contributed by atoms with Crippen molar-refractivity contribution in [2.24, 2.45) is 11.1 Å². The van der Waals surface area contributed by atoms with Gasteiger partial charge in [-0.1, -0.05) is 32.9 Å². The summed E-state index contributed by atoms with van der Waals surface area (Å²) in [5, 5.41) is 5.32. The maximum atomic E-state index is 13.2. The summed E-state index contributed by atoms with van der Waals surface area (Å²) in [6.07, 6.45) is 0. The Bertz CT molecular complexity index is 784. The molecule has 2 rings (SSSR count). The molecule has 0 radical (unpaired) electrons. The fraction of sp³-hybridized carbons (Fsp3) is 0.263. The van der Waals surface area contributed by atoms with Crippen molar-refractivity contribution in [3.63, 3.8) is 0 Å². The minimum Gasteiger partial charge on any atom is -0.325 e. The molecule has 0 saturated carbocycles. The third-order valence-electron chi connectivity index (χ3n) is 3.69. The molecule has 4 N–H and O–H groups in total. The summed E-state index contributed by atoms with van der Waals surface area (Å²) in [5.41, 5.74) is 6.71. The molecule has 5 nitrogen and oxygen atoms in total. The van der Waals surface area contributed by atoms with Crippen molar-refractivity contribution in [1.29, 1.82) is 0 Å². The number of hydrogen-bond acceptors (Lipinski definition) is 3. The average molecular weight is 343 g/mol. The van der Waals surface area contributed by atoms with Gasteiger partial charge in [-0.15, -0.1) is 0 Å². The smallest absolute Gasteiger partial charge is 0.255 e. The number of carbonyl (C=O) groups is 2. The second-order valence-electron chi connectivity index (χ2n) is 6.88. The Labute approximate surface area is 146 Å². The Hall–Kier alpha value is -2.73. The van der Waals surface area contributed by atoms with E-state index in [9.17, 15) is 14.0 Å². The number of nitrogens with one attached hydrogen (secondary N) is 2. The van der Waals surface area contributed by atoms with Gasteiger partial charge in [-0.3, -0.25) is 9.59 Å². The molecule has 0 spiro atoms. The van der Waals surface area contributed by atoms with E-state index in [1.165, 1.54) is 18.2 Å². The molecule has 0 aromatic heterocycles. The predicted octanol–water partition coefficient (Wildman–Crippen LogP) is 3.39. The molecule has 0 aliphatic carbocycles. The van der Waals surface area contributed by atoms with Gasteiger partial charge >= 0.3 is 0 Å². The first-order valence-electron chi connectivity index (χ1n) is 7.90. The van der Waals surface area contributed by atoms with Gasteiger partial charge in [-0.2, -0.15) is 0 Å². The van der Waals surface area contributed by atoms with Gasteiger partial charge in [0.25, 0.3) is 5.91 Å². The molecule has 0 unspecified atom stereocenters. The van der Waals surface area contributed by atoms with E-state index >= 15 is 0 Å². The monoisotopic (exact) mass is 343 g/mol. The van der Waals surface area contributed by atoms with Crippen LogP contribution in [-0.4, -0.2) is 17.9 Å². The number of anilines is 2. The summed E-state index contributed by atoms with van der Waals surface area (Å²) in [7, 11) is 0. The van der Waals surface area contributed by atoms with Gasteiger partial charge in [0, 0.05) is 16.9 Å². The number of nitrogens with two attached hydrogens (primary N) is 1. The SMILES string of the molecule is CC(C)(C)[C@H](N)C(=O)Nc1cccc(C(=O)Nc2cccc(F)c2)c1. The second-order valence-corrected chi connectivity index (χ2v) is 6.88. The molecule has 0 aliphatic heterocycles. The number of rotatable bonds is 4. The van der Waals surface area contributed by atoms with Crippen molar-refractivity contribution in [1.82, 2.24) is 0 Å². The van der Waals surface area contributed by atoms with Gasteiger partial charge in [0.15, 0.2) is 0 Å². The highest BCUT2D eigenvalue weighted by Gasteiger charge is 2.27. The van der Waals surface area contributed by atoms with Crippen LogP contribution in [-0.2, 0) is 4.79 Å². The summed E-state index contributed by atoms with van der Waals surface area (Å²) >= 11 is 0. The Morgan fingerprint density at radius 2 is 1.60 bits per heavy atom. The van der Waals surface area contributed by atoms with Gasteiger partial charge < -0.3 is 16.4 Å². The van der Waals surface area contributed by atoms with E-state index in [1.807, 2.05) is 20.8 Å². The molecule has 6 heteroatoms. The van der Waals surface area contributed by atoms with Crippen LogP contribution >= 0.6 is 0 Å². The van der Waals surface area contributed by atoms with Crippen LogP contribution in [0.2, 0.25) is 0 Å². The lowest BCUT2D eigenvalue weighted by Gasteiger charge is -2.25. The maximum Gasteiger partial charge on any atom is 0.255 e. The number of amides is 2. The van der Waals surface area contributed by atoms with Gasteiger partial charge in [0.05, 0.1) is 6.04 Å². The Kier molecular flexibility index (Phi) is 5.54. The molecule has 0 heterocycles. The molecule has 0 fully saturated rings. The van der Waals surface area contributed by atoms with Gasteiger partial charge in [-0.25, -0.2) is 4.39 Å². The largest absolute Gasteiger partial charge is 0.325 e. The fourth-order valence-corrected chi connectivity index (χ4v) is 2.12. The fourth-order valence-electron chi connectivity index (χ4n) is 2.12. The van der Waals surface area contributed by atoms with Crippen LogP contribution < -0.4 is 16.4 Å². The van der Waals surface area contributed by atoms with E-state index in [1.54, 1.807) is 30.3 Å². The predicted molar refractivity (Wildman–Crippen MR) is 96.9 cm³/mol. The van der Waals surface area contributed by atoms with Crippen LogP contribution in [0.5, 0.6) is 0 Å². The maximum absolute atomic E-state index is 13.2. The van der Waals surface area contributed by atoms with Crippen molar-refractivity contribution in [2.75, 3.05) is 10.6 Å².